The fraction of sp³-hybridized carbons (Fsp3) is 0.562. The summed E-state index contributed by atoms with van der Waals surface area (Å²) >= 11 is 0. The summed E-state index contributed by atoms with van der Waals surface area (Å²) in [6.45, 7) is 8.12. The van der Waals surface area contributed by atoms with Gasteiger partial charge in [0.05, 0.1) is 12.2 Å². The summed E-state index contributed by atoms with van der Waals surface area (Å²) < 4.78 is 0. The van der Waals surface area contributed by atoms with Gasteiger partial charge in [-0.05, 0) is 31.4 Å². The van der Waals surface area contributed by atoms with Gasteiger partial charge < -0.3 is 10.2 Å². The molecule has 1 N–H and O–H groups in total. The van der Waals surface area contributed by atoms with E-state index in [2.05, 4.69) is 10.3 Å². The van der Waals surface area contributed by atoms with E-state index in [0.29, 0.717) is 6.54 Å². The van der Waals surface area contributed by atoms with Gasteiger partial charge in [-0.2, -0.15) is 0 Å². The molecule has 21 heavy (non-hydrogen) atoms. The molecule has 0 aliphatic carbocycles. The highest BCUT2D eigenvalue weighted by molar-refractivity contribution is 5.96. The first kappa shape index (κ1) is 15.5. The van der Waals surface area contributed by atoms with Crippen molar-refractivity contribution in [1.29, 1.82) is 0 Å². The molecule has 1 aromatic heterocycles. The summed E-state index contributed by atoms with van der Waals surface area (Å²) in [5, 5.41) is 2.77. The minimum absolute atomic E-state index is 0.0371. The molecule has 2 rings (SSSR count). The number of aryl methyl sites for hydroxylation is 1. The molecule has 1 aliphatic heterocycles. The van der Waals surface area contributed by atoms with E-state index < -0.39 is 12.1 Å². The number of rotatable bonds is 4. The first-order valence-corrected chi connectivity index (χ1v) is 7.47. The Balaban J connectivity index is 2.32. The number of nitrogens with zero attached hydrogens (tertiary/aromatic N) is 2. The predicted octanol–water partition coefficient (Wildman–Crippen LogP) is 1.65. The van der Waals surface area contributed by atoms with Gasteiger partial charge in [0.1, 0.15) is 12.1 Å². The molecule has 114 valence electrons. The van der Waals surface area contributed by atoms with Crippen molar-refractivity contribution in [1.82, 2.24) is 15.2 Å². The van der Waals surface area contributed by atoms with Crippen LogP contribution in [0.3, 0.4) is 0 Å². The Labute approximate surface area is 125 Å². The lowest BCUT2D eigenvalue weighted by molar-refractivity contribution is -0.151. The van der Waals surface area contributed by atoms with Crippen LogP contribution in [0.5, 0.6) is 0 Å². The fourth-order valence-electron chi connectivity index (χ4n) is 2.70. The van der Waals surface area contributed by atoms with Gasteiger partial charge in [0.2, 0.25) is 11.8 Å². The van der Waals surface area contributed by atoms with Gasteiger partial charge in [-0.15, -0.1) is 0 Å². The summed E-state index contributed by atoms with van der Waals surface area (Å²) in [5.41, 5.74) is 1.88. The number of nitrogens with one attached hydrogen (secondary N) is 1. The van der Waals surface area contributed by atoms with Gasteiger partial charge >= 0.3 is 0 Å². The normalized spacial score (nSPS) is 23.9. The van der Waals surface area contributed by atoms with Crippen molar-refractivity contribution >= 4 is 11.8 Å². The molecule has 2 amide bonds. The van der Waals surface area contributed by atoms with Gasteiger partial charge in [0.25, 0.3) is 0 Å². The largest absolute Gasteiger partial charge is 0.343 e. The number of piperazine rings is 1. The van der Waals surface area contributed by atoms with Gasteiger partial charge in [-0.1, -0.05) is 26.3 Å². The van der Waals surface area contributed by atoms with E-state index in [0.717, 1.165) is 17.7 Å². The van der Waals surface area contributed by atoms with E-state index in [1.165, 1.54) is 0 Å². The van der Waals surface area contributed by atoms with Crippen LogP contribution in [0.25, 0.3) is 0 Å². The van der Waals surface area contributed by atoms with Gasteiger partial charge in [0, 0.05) is 6.20 Å². The Morgan fingerprint density at radius 1 is 1.43 bits per heavy atom. The van der Waals surface area contributed by atoms with Crippen LogP contribution in [-0.4, -0.2) is 33.8 Å². The molecule has 0 spiro atoms. The third-order valence-electron chi connectivity index (χ3n) is 4.24. The molecule has 2 heterocycles. The van der Waals surface area contributed by atoms with Crippen molar-refractivity contribution in [2.45, 2.75) is 52.7 Å². The second-order valence-electron chi connectivity index (χ2n) is 5.79. The summed E-state index contributed by atoms with van der Waals surface area (Å²) in [6.07, 6.45) is 2.57. The Bertz CT molecular complexity index is 544. The topological polar surface area (TPSA) is 62.3 Å². The van der Waals surface area contributed by atoms with Crippen LogP contribution >= 0.6 is 0 Å². The van der Waals surface area contributed by atoms with Crippen molar-refractivity contribution in [3.8, 4) is 0 Å². The molecule has 5 heteroatoms. The standard InChI is InChI=1S/C16H23N3O2/c1-5-10(2)14-15(20)18-12(4)16(21)19(14)9-13-11(3)7-6-8-17-13/h6-8,10,12,14H,5,9H2,1-4H3,(H,18,20). The monoisotopic (exact) mass is 289 g/mol. The maximum absolute atomic E-state index is 12.5. The zero-order valence-electron chi connectivity index (χ0n) is 13.1. The number of hydrogen-bond donors (Lipinski definition) is 1. The summed E-state index contributed by atoms with van der Waals surface area (Å²) in [4.78, 5) is 30.8. The van der Waals surface area contributed by atoms with Gasteiger partial charge in [0.15, 0.2) is 0 Å². The highest BCUT2D eigenvalue weighted by atomic mass is 16.2. The first-order chi connectivity index (χ1) is 9.95. The molecule has 3 atom stereocenters. The Morgan fingerprint density at radius 3 is 2.76 bits per heavy atom. The third-order valence-corrected chi connectivity index (χ3v) is 4.24. The average Bonchev–Trinajstić information content (AvgIpc) is 2.46. The van der Waals surface area contributed by atoms with Crippen LogP contribution in [0.1, 0.15) is 38.4 Å². The van der Waals surface area contributed by atoms with Gasteiger partial charge in [-0.25, -0.2) is 0 Å². The van der Waals surface area contributed by atoms with Gasteiger partial charge in [-0.3, -0.25) is 14.6 Å². The second kappa shape index (κ2) is 6.24. The van der Waals surface area contributed by atoms with E-state index in [1.807, 2.05) is 32.9 Å². The fourth-order valence-corrected chi connectivity index (χ4v) is 2.70. The van der Waals surface area contributed by atoms with Crippen LogP contribution in [0, 0.1) is 12.8 Å². The Kier molecular flexibility index (Phi) is 4.60. The lowest BCUT2D eigenvalue weighted by Crippen LogP contribution is -2.63. The van der Waals surface area contributed by atoms with Crippen LogP contribution in [0.15, 0.2) is 18.3 Å². The van der Waals surface area contributed by atoms with E-state index in [4.69, 9.17) is 0 Å². The lowest BCUT2D eigenvalue weighted by Gasteiger charge is -2.40. The maximum Gasteiger partial charge on any atom is 0.245 e. The number of carbonyl (C=O) groups excluding carboxylic acids is 2. The van der Waals surface area contributed by atoms with Crippen LogP contribution in [0.4, 0.5) is 0 Å². The predicted molar refractivity (Wildman–Crippen MR) is 80.4 cm³/mol. The zero-order valence-corrected chi connectivity index (χ0v) is 13.1. The Hall–Kier alpha value is -1.91. The smallest absolute Gasteiger partial charge is 0.245 e. The maximum atomic E-state index is 12.5. The summed E-state index contributed by atoms with van der Waals surface area (Å²) in [5.74, 6) is 0.0143. The van der Waals surface area contributed by atoms with E-state index in [1.54, 1.807) is 18.0 Å². The molecule has 1 aromatic rings. The van der Waals surface area contributed by atoms with Crippen molar-refractivity contribution in [3.63, 3.8) is 0 Å². The molecule has 1 saturated heterocycles. The highest BCUT2D eigenvalue weighted by Crippen LogP contribution is 2.22. The van der Waals surface area contributed by atoms with E-state index in [9.17, 15) is 9.59 Å². The molecule has 0 saturated carbocycles. The molecule has 5 nitrogen and oxygen atoms in total. The van der Waals surface area contributed by atoms with Crippen molar-refractivity contribution in [2.24, 2.45) is 5.92 Å². The molecular formula is C16H23N3O2. The number of pyridine rings is 1. The van der Waals surface area contributed by atoms with E-state index >= 15 is 0 Å². The summed E-state index contributed by atoms with van der Waals surface area (Å²) in [6, 6.07) is 2.96. The number of hydrogen-bond acceptors (Lipinski definition) is 3. The molecular weight excluding hydrogens is 266 g/mol. The highest BCUT2D eigenvalue weighted by Gasteiger charge is 2.41. The lowest BCUT2D eigenvalue weighted by atomic mass is 9.93. The number of aromatic nitrogens is 1. The molecule has 0 bridgehead atoms. The third kappa shape index (κ3) is 3.06. The molecule has 1 fully saturated rings. The van der Waals surface area contributed by atoms with Crippen molar-refractivity contribution < 1.29 is 9.59 Å². The minimum Gasteiger partial charge on any atom is -0.343 e. The van der Waals surface area contributed by atoms with E-state index in [-0.39, 0.29) is 17.7 Å². The average molecular weight is 289 g/mol. The zero-order chi connectivity index (χ0) is 15.6. The number of carbonyl (C=O) groups is 2. The van der Waals surface area contributed by atoms with Crippen LogP contribution < -0.4 is 5.32 Å². The van der Waals surface area contributed by atoms with Crippen molar-refractivity contribution in [3.05, 3.63) is 29.6 Å². The Morgan fingerprint density at radius 2 is 2.14 bits per heavy atom. The van der Waals surface area contributed by atoms with Crippen molar-refractivity contribution in [2.75, 3.05) is 0 Å². The first-order valence-electron chi connectivity index (χ1n) is 7.47. The minimum atomic E-state index is -0.471. The second-order valence-corrected chi connectivity index (χ2v) is 5.79. The molecule has 1 aliphatic rings. The quantitative estimate of drug-likeness (QED) is 0.917. The van der Waals surface area contributed by atoms with Crippen LogP contribution in [-0.2, 0) is 16.1 Å². The molecule has 0 radical (unpaired) electrons. The van der Waals surface area contributed by atoms with Crippen LogP contribution in [0.2, 0.25) is 0 Å². The molecule has 3 unspecified atom stereocenters. The molecule has 0 aromatic carbocycles. The summed E-state index contributed by atoms with van der Waals surface area (Å²) in [7, 11) is 0. The SMILES string of the molecule is CCC(C)C1C(=O)NC(C)C(=O)N1Cc1ncccc1C. The number of amides is 2.